The number of nitrogens with zero attached hydrogens (tertiary/aromatic N) is 2. The molecule has 0 radical (unpaired) electrons. The summed E-state index contributed by atoms with van der Waals surface area (Å²) in [5, 5.41) is 18.2. The molecule has 1 heterocycles. The van der Waals surface area contributed by atoms with E-state index in [2.05, 4.69) is 34.5 Å². The van der Waals surface area contributed by atoms with Crippen LogP contribution >= 0.6 is 12.2 Å². The van der Waals surface area contributed by atoms with Crippen LogP contribution in [0.1, 0.15) is 19.3 Å². The van der Waals surface area contributed by atoms with E-state index in [9.17, 15) is 4.79 Å². The minimum Gasteiger partial charge on any atom is -0.481 e. The number of aromatic amines is 1. The Morgan fingerprint density at radius 1 is 1.17 bits per heavy atom. The summed E-state index contributed by atoms with van der Waals surface area (Å²) < 4.78 is 2.49. The number of aromatic nitrogens is 3. The lowest BCUT2D eigenvalue weighted by atomic mass is 10.1. The summed E-state index contributed by atoms with van der Waals surface area (Å²) in [6.07, 6.45) is 1.55. The lowest BCUT2D eigenvalue weighted by Gasteiger charge is -2.07. The molecule has 0 saturated carbocycles. The number of unbranched alkanes of at least 4 members (excludes halogenated alkanes) is 1. The van der Waals surface area contributed by atoms with E-state index in [0.717, 1.165) is 23.2 Å². The minimum atomic E-state index is -0.768. The van der Waals surface area contributed by atoms with Crippen molar-refractivity contribution in [2.75, 3.05) is 0 Å². The number of rotatable bonds is 6. The number of aliphatic carboxylic acids is 1. The molecule has 0 aliphatic carbocycles. The van der Waals surface area contributed by atoms with Crippen LogP contribution in [0.5, 0.6) is 0 Å². The molecule has 23 heavy (non-hydrogen) atoms. The van der Waals surface area contributed by atoms with Gasteiger partial charge in [-0.1, -0.05) is 36.4 Å². The molecule has 0 unspecified atom stereocenters. The zero-order valence-electron chi connectivity index (χ0n) is 12.5. The maximum atomic E-state index is 10.6. The first kappa shape index (κ1) is 15.4. The van der Waals surface area contributed by atoms with Crippen LogP contribution in [0, 0.1) is 4.77 Å². The molecule has 118 valence electrons. The molecule has 3 aromatic rings. The summed E-state index contributed by atoms with van der Waals surface area (Å²) in [7, 11) is 0. The number of benzene rings is 2. The second-order valence-electron chi connectivity index (χ2n) is 5.42. The van der Waals surface area contributed by atoms with E-state index in [-0.39, 0.29) is 6.42 Å². The molecule has 6 heteroatoms. The maximum absolute atomic E-state index is 10.6. The fourth-order valence-corrected chi connectivity index (χ4v) is 2.84. The van der Waals surface area contributed by atoms with Gasteiger partial charge in [0.25, 0.3) is 0 Å². The molecule has 0 atom stereocenters. The normalized spacial score (nSPS) is 11.0. The van der Waals surface area contributed by atoms with Crippen molar-refractivity contribution in [3.8, 4) is 11.4 Å². The Labute approximate surface area is 138 Å². The summed E-state index contributed by atoms with van der Waals surface area (Å²) in [6.45, 7) is 0.658. The van der Waals surface area contributed by atoms with Crippen LogP contribution in [-0.4, -0.2) is 25.8 Å². The van der Waals surface area contributed by atoms with Crippen molar-refractivity contribution in [2.24, 2.45) is 0 Å². The monoisotopic (exact) mass is 327 g/mol. The van der Waals surface area contributed by atoms with E-state index < -0.39 is 5.97 Å². The number of nitrogens with one attached hydrogen (secondary N) is 1. The predicted octanol–water partition coefficient (Wildman–Crippen LogP) is 4.02. The summed E-state index contributed by atoms with van der Waals surface area (Å²) in [5.74, 6) is 0.0200. The third-order valence-electron chi connectivity index (χ3n) is 3.79. The highest BCUT2D eigenvalue weighted by Gasteiger charge is 2.09. The van der Waals surface area contributed by atoms with Gasteiger partial charge >= 0.3 is 5.97 Å². The third kappa shape index (κ3) is 3.48. The second-order valence-corrected chi connectivity index (χ2v) is 5.80. The Balaban J connectivity index is 1.87. The molecule has 0 aliphatic rings. The molecule has 0 saturated heterocycles. The lowest BCUT2D eigenvalue weighted by molar-refractivity contribution is -0.137. The van der Waals surface area contributed by atoms with Crippen LogP contribution in [0.3, 0.4) is 0 Å². The number of hydrogen-bond acceptors (Lipinski definition) is 3. The van der Waals surface area contributed by atoms with Gasteiger partial charge in [-0.2, -0.15) is 5.10 Å². The van der Waals surface area contributed by atoms with Gasteiger partial charge in [0.15, 0.2) is 10.6 Å². The first-order chi connectivity index (χ1) is 11.1. The SMILES string of the molecule is O=C(O)CCCCn1c(-c2ccc3ccccc3c2)n[nH]c1=S. The summed E-state index contributed by atoms with van der Waals surface area (Å²) in [5.41, 5.74) is 0.995. The molecule has 5 nitrogen and oxygen atoms in total. The first-order valence-corrected chi connectivity index (χ1v) is 7.92. The molecule has 2 aromatic carbocycles. The lowest BCUT2D eigenvalue weighted by Crippen LogP contribution is -2.02. The highest BCUT2D eigenvalue weighted by molar-refractivity contribution is 7.71. The Morgan fingerprint density at radius 3 is 2.74 bits per heavy atom. The molecule has 0 aliphatic heterocycles. The molecular formula is C17H17N3O2S. The maximum Gasteiger partial charge on any atom is 0.303 e. The van der Waals surface area contributed by atoms with Crippen molar-refractivity contribution in [3.05, 3.63) is 47.2 Å². The van der Waals surface area contributed by atoms with Gasteiger partial charge in [-0.15, -0.1) is 0 Å². The largest absolute Gasteiger partial charge is 0.481 e. The van der Waals surface area contributed by atoms with E-state index in [1.807, 2.05) is 22.8 Å². The van der Waals surface area contributed by atoms with Crippen molar-refractivity contribution in [2.45, 2.75) is 25.8 Å². The minimum absolute atomic E-state index is 0.177. The van der Waals surface area contributed by atoms with E-state index in [1.54, 1.807) is 0 Å². The number of fused-ring (bicyclic) bond motifs is 1. The summed E-state index contributed by atoms with van der Waals surface area (Å²) in [4.78, 5) is 10.6. The quantitative estimate of drug-likeness (QED) is 0.530. The molecule has 0 fully saturated rings. The Morgan fingerprint density at radius 2 is 1.96 bits per heavy atom. The van der Waals surface area contributed by atoms with Crippen molar-refractivity contribution < 1.29 is 9.90 Å². The second kappa shape index (κ2) is 6.75. The standard InChI is InChI=1S/C17H17N3O2S/c21-15(22)7-3-4-10-20-16(18-19-17(20)23)14-9-8-12-5-1-2-6-13(12)11-14/h1-2,5-6,8-9,11H,3-4,7,10H2,(H,19,23)(H,21,22). The molecular weight excluding hydrogens is 310 g/mol. The average molecular weight is 327 g/mol. The first-order valence-electron chi connectivity index (χ1n) is 7.51. The zero-order valence-corrected chi connectivity index (χ0v) is 13.3. The number of carboxylic acids is 1. The van der Waals surface area contributed by atoms with Crippen molar-refractivity contribution >= 4 is 29.0 Å². The van der Waals surface area contributed by atoms with Gasteiger partial charge in [0, 0.05) is 18.5 Å². The number of carboxylic acid groups (broad SMARTS) is 1. The van der Waals surface area contributed by atoms with Crippen molar-refractivity contribution in [1.29, 1.82) is 0 Å². The molecule has 3 rings (SSSR count). The van der Waals surface area contributed by atoms with Crippen LogP contribution in [0.4, 0.5) is 0 Å². The molecule has 0 spiro atoms. The molecule has 0 bridgehead atoms. The fraction of sp³-hybridized carbons (Fsp3) is 0.235. The summed E-state index contributed by atoms with van der Waals surface area (Å²) >= 11 is 5.30. The van der Waals surface area contributed by atoms with Gasteiger partial charge in [-0.05, 0) is 41.9 Å². The third-order valence-corrected chi connectivity index (χ3v) is 4.10. The smallest absolute Gasteiger partial charge is 0.303 e. The Bertz CT molecular complexity index is 898. The Hall–Kier alpha value is -2.47. The van der Waals surface area contributed by atoms with Crippen LogP contribution in [0.15, 0.2) is 42.5 Å². The molecule has 0 amide bonds. The van der Waals surface area contributed by atoms with E-state index in [0.29, 0.717) is 17.7 Å². The van der Waals surface area contributed by atoms with Gasteiger partial charge in [-0.3, -0.25) is 9.89 Å². The molecule has 2 N–H and O–H groups in total. The number of H-pyrrole nitrogens is 1. The highest BCUT2D eigenvalue weighted by Crippen LogP contribution is 2.23. The van der Waals surface area contributed by atoms with Gasteiger partial charge in [0.1, 0.15) is 0 Å². The number of carbonyl (C=O) groups is 1. The fourth-order valence-electron chi connectivity index (χ4n) is 2.62. The Kier molecular flexibility index (Phi) is 4.52. The van der Waals surface area contributed by atoms with Gasteiger partial charge in [-0.25, -0.2) is 0 Å². The van der Waals surface area contributed by atoms with Crippen molar-refractivity contribution in [3.63, 3.8) is 0 Å². The van der Waals surface area contributed by atoms with E-state index in [4.69, 9.17) is 17.3 Å². The van der Waals surface area contributed by atoms with Crippen LogP contribution in [-0.2, 0) is 11.3 Å². The van der Waals surface area contributed by atoms with Gasteiger partial charge in [0.05, 0.1) is 0 Å². The molecule has 1 aromatic heterocycles. The summed E-state index contributed by atoms with van der Waals surface area (Å²) in [6, 6.07) is 14.3. The zero-order chi connectivity index (χ0) is 16.2. The number of hydrogen-bond donors (Lipinski definition) is 2. The topological polar surface area (TPSA) is 70.9 Å². The van der Waals surface area contributed by atoms with E-state index in [1.165, 1.54) is 5.39 Å². The average Bonchev–Trinajstić information content (AvgIpc) is 2.92. The van der Waals surface area contributed by atoms with Crippen molar-refractivity contribution in [1.82, 2.24) is 14.8 Å². The van der Waals surface area contributed by atoms with E-state index >= 15 is 0 Å². The highest BCUT2D eigenvalue weighted by atomic mass is 32.1. The van der Waals surface area contributed by atoms with Crippen LogP contribution < -0.4 is 0 Å². The van der Waals surface area contributed by atoms with Gasteiger partial charge in [0.2, 0.25) is 0 Å². The van der Waals surface area contributed by atoms with Crippen LogP contribution in [0.25, 0.3) is 22.2 Å². The predicted molar refractivity (Wildman–Crippen MR) is 91.8 cm³/mol. The van der Waals surface area contributed by atoms with Crippen LogP contribution in [0.2, 0.25) is 0 Å². The van der Waals surface area contributed by atoms with Gasteiger partial charge < -0.3 is 9.67 Å².